The van der Waals surface area contributed by atoms with Crippen LogP contribution in [0.15, 0.2) is 55.0 Å². The van der Waals surface area contributed by atoms with Crippen molar-refractivity contribution in [3.63, 3.8) is 0 Å². The van der Waals surface area contributed by atoms with Crippen LogP contribution in [0, 0.1) is 0 Å². The molecule has 0 spiro atoms. The lowest BCUT2D eigenvalue weighted by Crippen LogP contribution is -2.43. The summed E-state index contributed by atoms with van der Waals surface area (Å²) in [4.78, 5) is 24.4. The Balaban J connectivity index is 1.33. The van der Waals surface area contributed by atoms with E-state index in [-0.39, 0.29) is 18.0 Å². The number of amides is 1. The second-order valence-electron chi connectivity index (χ2n) is 6.94. The zero-order valence-corrected chi connectivity index (χ0v) is 16.3. The van der Waals surface area contributed by atoms with Crippen LogP contribution in [0.25, 0.3) is 16.0 Å². The van der Waals surface area contributed by atoms with E-state index in [0.29, 0.717) is 11.3 Å². The number of thiazole rings is 1. The first kappa shape index (κ1) is 17.7. The van der Waals surface area contributed by atoms with Crippen molar-refractivity contribution in [2.45, 2.75) is 31.3 Å². The van der Waals surface area contributed by atoms with E-state index >= 15 is 0 Å². The van der Waals surface area contributed by atoms with Gasteiger partial charge in [-0.05, 0) is 43.5 Å². The Morgan fingerprint density at radius 3 is 2.72 bits per heavy atom. The maximum absolute atomic E-state index is 13.0. The highest BCUT2D eigenvalue weighted by atomic mass is 32.1. The number of carbonyl (C=O) groups is 1. The average Bonchev–Trinajstić information content (AvgIpc) is 3.49. The van der Waals surface area contributed by atoms with Gasteiger partial charge in [0.2, 0.25) is 0 Å². The Bertz CT molecular complexity index is 1110. The predicted molar refractivity (Wildman–Crippen MR) is 111 cm³/mol. The fraction of sp³-hybridized carbons (Fsp3) is 0.250. The van der Waals surface area contributed by atoms with E-state index in [4.69, 9.17) is 0 Å². The highest BCUT2D eigenvalue weighted by Gasteiger charge is 2.30. The van der Waals surface area contributed by atoms with Crippen molar-refractivity contribution >= 4 is 32.7 Å². The number of fused-ring (bicyclic) bond motifs is 1. The molecule has 3 heterocycles. The number of anilines is 1. The number of benzene rings is 1. The van der Waals surface area contributed by atoms with E-state index in [1.165, 1.54) is 16.1 Å². The minimum atomic E-state index is -0.123. The number of aromatic nitrogens is 5. The second kappa shape index (κ2) is 7.59. The minimum absolute atomic E-state index is 0.0288. The lowest BCUT2D eigenvalue weighted by atomic mass is 10.1. The monoisotopic (exact) mass is 405 g/mol. The summed E-state index contributed by atoms with van der Waals surface area (Å²) >= 11 is 1.54. The Labute approximate surface area is 171 Å². The molecule has 1 unspecified atom stereocenters. The van der Waals surface area contributed by atoms with E-state index in [1.807, 2.05) is 30.3 Å². The zero-order valence-electron chi connectivity index (χ0n) is 15.5. The summed E-state index contributed by atoms with van der Waals surface area (Å²) in [6, 6.07) is 11.4. The SMILES string of the molecule is O=C(NC1CCC[C@@H]1Nc1nc2cccnc2s1)c1ccccc1-n1nccn1. The summed E-state index contributed by atoms with van der Waals surface area (Å²) < 4.78 is 0. The highest BCUT2D eigenvalue weighted by Crippen LogP contribution is 2.28. The number of rotatable bonds is 5. The molecule has 1 aliphatic carbocycles. The van der Waals surface area contributed by atoms with Crippen molar-refractivity contribution in [2.75, 3.05) is 5.32 Å². The molecule has 2 N–H and O–H groups in total. The normalized spacial score (nSPS) is 18.8. The average molecular weight is 405 g/mol. The molecule has 1 aromatic carbocycles. The number of hydrogen-bond donors (Lipinski definition) is 2. The largest absolute Gasteiger partial charge is 0.357 e. The van der Waals surface area contributed by atoms with Crippen molar-refractivity contribution in [1.82, 2.24) is 30.3 Å². The van der Waals surface area contributed by atoms with E-state index in [1.54, 1.807) is 24.7 Å². The van der Waals surface area contributed by atoms with Gasteiger partial charge < -0.3 is 10.6 Å². The molecule has 146 valence electrons. The van der Waals surface area contributed by atoms with Crippen molar-refractivity contribution in [3.05, 3.63) is 60.6 Å². The van der Waals surface area contributed by atoms with Crippen LogP contribution in [-0.4, -0.2) is 43.0 Å². The van der Waals surface area contributed by atoms with Crippen LogP contribution in [0.4, 0.5) is 5.13 Å². The highest BCUT2D eigenvalue weighted by molar-refractivity contribution is 7.21. The summed E-state index contributed by atoms with van der Waals surface area (Å²) in [5.74, 6) is -0.123. The van der Waals surface area contributed by atoms with Crippen LogP contribution in [0.3, 0.4) is 0 Å². The molecule has 3 aromatic heterocycles. The Hall–Kier alpha value is -3.33. The lowest BCUT2D eigenvalue weighted by molar-refractivity contribution is 0.0935. The van der Waals surface area contributed by atoms with Crippen molar-refractivity contribution < 1.29 is 4.79 Å². The van der Waals surface area contributed by atoms with Crippen molar-refractivity contribution in [3.8, 4) is 5.69 Å². The summed E-state index contributed by atoms with van der Waals surface area (Å²) in [5, 5.41) is 15.8. The molecule has 8 nitrogen and oxygen atoms in total. The van der Waals surface area contributed by atoms with Gasteiger partial charge in [0.25, 0.3) is 5.91 Å². The van der Waals surface area contributed by atoms with Crippen LogP contribution in [-0.2, 0) is 0 Å². The zero-order chi connectivity index (χ0) is 19.6. The Morgan fingerprint density at radius 1 is 1.03 bits per heavy atom. The van der Waals surface area contributed by atoms with Gasteiger partial charge in [0, 0.05) is 18.3 Å². The molecule has 9 heteroatoms. The molecular formula is C20H19N7OS. The van der Waals surface area contributed by atoms with E-state index in [0.717, 1.165) is 34.7 Å². The van der Waals surface area contributed by atoms with E-state index < -0.39 is 0 Å². The van der Waals surface area contributed by atoms with Crippen molar-refractivity contribution in [2.24, 2.45) is 0 Å². The summed E-state index contributed by atoms with van der Waals surface area (Å²) in [6.45, 7) is 0. The molecule has 5 rings (SSSR count). The third-order valence-electron chi connectivity index (χ3n) is 5.09. The van der Waals surface area contributed by atoms with Crippen LogP contribution in [0.5, 0.6) is 0 Å². The second-order valence-corrected chi connectivity index (χ2v) is 7.92. The summed E-state index contributed by atoms with van der Waals surface area (Å²) in [7, 11) is 0. The molecule has 4 aromatic rings. The van der Waals surface area contributed by atoms with Gasteiger partial charge in [-0.2, -0.15) is 15.0 Å². The van der Waals surface area contributed by atoms with Crippen molar-refractivity contribution in [1.29, 1.82) is 0 Å². The Kier molecular flexibility index (Phi) is 4.65. The topological polar surface area (TPSA) is 97.6 Å². The molecule has 1 saturated carbocycles. The molecule has 1 fully saturated rings. The van der Waals surface area contributed by atoms with Gasteiger partial charge in [-0.25, -0.2) is 9.97 Å². The van der Waals surface area contributed by atoms with Crippen LogP contribution in [0.2, 0.25) is 0 Å². The first-order chi connectivity index (χ1) is 14.3. The smallest absolute Gasteiger partial charge is 0.253 e. The molecule has 0 radical (unpaired) electrons. The quantitative estimate of drug-likeness (QED) is 0.530. The molecule has 1 amide bonds. The molecular weight excluding hydrogens is 386 g/mol. The van der Waals surface area contributed by atoms with Gasteiger partial charge in [0.05, 0.1) is 23.6 Å². The van der Waals surface area contributed by atoms with Gasteiger partial charge in [-0.3, -0.25) is 4.79 Å². The van der Waals surface area contributed by atoms with Gasteiger partial charge in [-0.1, -0.05) is 23.5 Å². The number of carbonyl (C=O) groups excluding carboxylic acids is 1. The molecule has 0 saturated heterocycles. The maximum atomic E-state index is 13.0. The maximum Gasteiger partial charge on any atom is 0.253 e. The van der Waals surface area contributed by atoms with Crippen LogP contribution < -0.4 is 10.6 Å². The number of nitrogens with one attached hydrogen (secondary N) is 2. The molecule has 29 heavy (non-hydrogen) atoms. The first-order valence-corrected chi connectivity index (χ1v) is 10.3. The summed E-state index contributed by atoms with van der Waals surface area (Å²) in [6.07, 6.45) is 7.92. The predicted octanol–water partition coefficient (Wildman–Crippen LogP) is 3.04. The molecule has 0 bridgehead atoms. The van der Waals surface area contributed by atoms with E-state index in [2.05, 4.69) is 30.8 Å². The van der Waals surface area contributed by atoms with Gasteiger partial charge >= 0.3 is 0 Å². The standard InChI is InChI=1S/C20H19N7OS/c28-18(13-5-1-2-9-17(13)27-22-11-12-23-27)24-14-6-3-7-15(14)25-20-26-16-8-4-10-21-19(16)29-20/h1-2,4-5,8-12,14-15H,3,6-7H2,(H,24,28)(H,25,26)/t14?,15-/m0/s1. The number of nitrogens with zero attached hydrogens (tertiary/aromatic N) is 5. The Morgan fingerprint density at radius 2 is 1.86 bits per heavy atom. The fourth-order valence-corrected chi connectivity index (χ4v) is 4.59. The third-order valence-corrected chi connectivity index (χ3v) is 6.00. The minimum Gasteiger partial charge on any atom is -0.357 e. The van der Waals surface area contributed by atoms with Gasteiger partial charge in [0.1, 0.15) is 10.3 Å². The molecule has 2 atom stereocenters. The number of hydrogen-bond acceptors (Lipinski definition) is 7. The third kappa shape index (κ3) is 3.56. The first-order valence-electron chi connectivity index (χ1n) is 9.52. The van der Waals surface area contributed by atoms with E-state index in [9.17, 15) is 4.79 Å². The number of para-hydroxylation sites is 1. The molecule has 0 aliphatic heterocycles. The van der Waals surface area contributed by atoms with Crippen LogP contribution in [0.1, 0.15) is 29.6 Å². The van der Waals surface area contributed by atoms with Gasteiger partial charge in [-0.15, -0.1) is 0 Å². The van der Waals surface area contributed by atoms with Crippen LogP contribution >= 0.6 is 11.3 Å². The van der Waals surface area contributed by atoms with Gasteiger partial charge in [0.15, 0.2) is 5.13 Å². The fourth-order valence-electron chi connectivity index (χ4n) is 3.72. The summed E-state index contributed by atoms with van der Waals surface area (Å²) in [5.41, 5.74) is 2.10. The molecule has 1 aliphatic rings. The lowest BCUT2D eigenvalue weighted by Gasteiger charge is -2.22. The number of pyridine rings is 1.